The van der Waals surface area contributed by atoms with E-state index in [1.165, 1.54) is 0 Å². The Morgan fingerprint density at radius 3 is 2.50 bits per heavy atom. The van der Waals surface area contributed by atoms with Crippen LogP contribution >= 0.6 is 11.6 Å². The highest BCUT2D eigenvalue weighted by Crippen LogP contribution is 2.51. The van der Waals surface area contributed by atoms with E-state index < -0.39 is 0 Å². The summed E-state index contributed by atoms with van der Waals surface area (Å²) in [6.45, 7) is 6.09. The van der Waals surface area contributed by atoms with Crippen LogP contribution in [0.4, 0.5) is 5.69 Å². The lowest BCUT2D eigenvalue weighted by molar-refractivity contribution is -0.121. The van der Waals surface area contributed by atoms with E-state index in [4.69, 9.17) is 21.1 Å². The third-order valence-electron chi connectivity index (χ3n) is 6.36. The van der Waals surface area contributed by atoms with Crippen molar-refractivity contribution in [3.63, 3.8) is 0 Å². The second-order valence-electron chi connectivity index (χ2n) is 9.30. The number of anilines is 1. The molecule has 168 valence electrons. The van der Waals surface area contributed by atoms with Crippen molar-refractivity contribution in [2.45, 2.75) is 46.0 Å². The van der Waals surface area contributed by atoms with Crippen LogP contribution in [0.2, 0.25) is 5.02 Å². The van der Waals surface area contributed by atoms with Crippen LogP contribution in [-0.4, -0.2) is 25.9 Å². The lowest BCUT2D eigenvalue weighted by Gasteiger charge is -2.43. The third-order valence-corrected chi connectivity index (χ3v) is 6.60. The summed E-state index contributed by atoms with van der Waals surface area (Å²) < 4.78 is 11.1. The smallest absolute Gasteiger partial charge is 0.232 e. The molecule has 0 radical (unpaired) electrons. The highest BCUT2D eigenvalue weighted by atomic mass is 35.5. The predicted octanol–water partition coefficient (Wildman–Crippen LogP) is 5.83. The Kier molecular flexibility index (Phi) is 5.80. The lowest BCUT2D eigenvalue weighted by Crippen LogP contribution is -2.44. The van der Waals surface area contributed by atoms with Crippen LogP contribution in [0.25, 0.3) is 0 Å². The molecule has 4 rings (SSSR count). The summed E-state index contributed by atoms with van der Waals surface area (Å²) in [6.07, 6.45) is 1.22. The zero-order valence-electron chi connectivity index (χ0n) is 19.1. The minimum Gasteiger partial charge on any atom is -0.493 e. The molecule has 0 aromatic heterocycles. The molecule has 0 saturated heterocycles. The number of rotatable bonds is 4. The zero-order chi connectivity index (χ0) is 23.2. The molecular formula is C26H28ClNO4. The Balaban J connectivity index is 1.96. The predicted molar refractivity (Wildman–Crippen MR) is 126 cm³/mol. The highest BCUT2D eigenvalue weighted by Gasteiger charge is 2.45. The van der Waals surface area contributed by atoms with Gasteiger partial charge in [0.15, 0.2) is 17.3 Å². The van der Waals surface area contributed by atoms with Crippen molar-refractivity contribution in [2.24, 2.45) is 5.41 Å². The van der Waals surface area contributed by atoms with E-state index in [0.29, 0.717) is 34.9 Å². The van der Waals surface area contributed by atoms with Gasteiger partial charge in [-0.15, -0.1) is 0 Å². The quantitative estimate of drug-likeness (QED) is 0.584. The van der Waals surface area contributed by atoms with Crippen molar-refractivity contribution >= 4 is 29.0 Å². The average molecular weight is 454 g/mol. The largest absolute Gasteiger partial charge is 0.493 e. The lowest BCUT2D eigenvalue weighted by atomic mass is 9.69. The number of carbonyl (C=O) groups is 2. The molecule has 1 amide bonds. The number of para-hydroxylation sites is 1. The standard InChI is InChI=1S/C26H28ClNO4/c1-15-9-10-16(27)11-19(15)28-20-13-26(2,3)14-21(29)24(20)18(12-23(28)30)17-7-6-8-22(31-4)25(17)32-5/h6-11,18H,12-14H2,1-5H3/t18-/m0/s1. The number of methoxy groups -OCH3 is 2. The van der Waals surface area contributed by atoms with Gasteiger partial charge < -0.3 is 9.47 Å². The van der Waals surface area contributed by atoms with Gasteiger partial charge in [0, 0.05) is 40.6 Å². The topological polar surface area (TPSA) is 55.8 Å². The molecule has 5 nitrogen and oxygen atoms in total. The number of allylic oxidation sites excluding steroid dienone is 2. The minimum atomic E-state index is -0.387. The van der Waals surface area contributed by atoms with E-state index in [0.717, 1.165) is 22.5 Å². The van der Waals surface area contributed by atoms with Gasteiger partial charge in [-0.2, -0.15) is 0 Å². The highest BCUT2D eigenvalue weighted by molar-refractivity contribution is 6.31. The summed E-state index contributed by atoms with van der Waals surface area (Å²) >= 11 is 6.29. The number of benzene rings is 2. The molecule has 6 heteroatoms. The van der Waals surface area contributed by atoms with Crippen molar-refractivity contribution in [3.8, 4) is 11.5 Å². The molecule has 1 atom stereocenters. The Morgan fingerprint density at radius 2 is 1.81 bits per heavy atom. The van der Waals surface area contributed by atoms with Gasteiger partial charge in [0.05, 0.1) is 19.9 Å². The summed E-state index contributed by atoms with van der Waals surface area (Å²) in [5.41, 5.74) is 3.67. The molecule has 0 bridgehead atoms. The number of halogens is 1. The summed E-state index contributed by atoms with van der Waals surface area (Å²) in [4.78, 5) is 28.9. The number of amides is 1. The molecule has 1 aliphatic carbocycles. The SMILES string of the molecule is COc1cccc([C@@H]2CC(=O)N(c3cc(Cl)ccc3C)C3=C2C(=O)CC(C)(C)C3)c1OC. The van der Waals surface area contributed by atoms with Crippen molar-refractivity contribution in [2.75, 3.05) is 19.1 Å². The Bertz CT molecular complexity index is 1130. The van der Waals surface area contributed by atoms with Gasteiger partial charge in [-0.05, 0) is 42.5 Å². The van der Waals surface area contributed by atoms with Gasteiger partial charge in [-0.1, -0.05) is 43.6 Å². The first kappa shape index (κ1) is 22.4. The maximum absolute atomic E-state index is 13.6. The van der Waals surface area contributed by atoms with Gasteiger partial charge in [0.1, 0.15) is 0 Å². The van der Waals surface area contributed by atoms with Crippen molar-refractivity contribution in [1.29, 1.82) is 0 Å². The summed E-state index contributed by atoms with van der Waals surface area (Å²) in [6, 6.07) is 11.1. The summed E-state index contributed by atoms with van der Waals surface area (Å²) in [5.74, 6) is 0.764. The molecule has 2 aliphatic rings. The molecule has 0 unspecified atom stereocenters. The fourth-order valence-corrected chi connectivity index (χ4v) is 5.14. The second kappa shape index (κ2) is 8.28. The van der Waals surface area contributed by atoms with Gasteiger partial charge in [-0.25, -0.2) is 0 Å². The molecule has 0 spiro atoms. The summed E-state index contributed by atoms with van der Waals surface area (Å²) in [5, 5.41) is 0.554. The van der Waals surface area contributed by atoms with Gasteiger partial charge in [0.2, 0.25) is 5.91 Å². The van der Waals surface area contributed by atoms with E-state index in [-0.39, 0.29) is 29.4 Å². The van der Waals surface area contributed by atoms with Gasteiger partial charge in [0.25, 0.3) is 0 Å². The second-order valence-corrected chi connectivity index (χ2v) is 9.74. The molecule has 1 heterocycles. The van der Waals surface area contributed by atoms with Crippen molar-refractivity contribution < 1.29 is 19.1 Å². The zero-order valence-corrected chi connectivity index (χ0v) is 19.9. The monoisotopic (exact) mass is 453 g/mol. The molecule has 32 heavy (non-hydrogen) atoms. The number of ketones is 1. The van der Waals surface area contributed by atoms with Crippen molar-refractivity contribution in [1.82, 2.24) is 0 Å². The van der Waals surface area contributed by atoms with Crippen molar-refractivity contribution in [3.05, 3.63) is 63.8 Å². The van der Waals surface area contributed by atoms with Crippen LogP contribution in [0.1, 0.15) is 50.2 Å². The fraction of sp³-hybridized carbons (Fsp3) is 0.385. The van der Waals surface area contributed by atoms with Crippen LogP contribution < -0.4 is 14.4 Å². The molecular weight excluding hydrogens is 426 g/mol. The first-order chi connectivity index (χ1) is 15.2. The van der Waals surface area contributed by atoms with E-state index in [1.54, 1.807) is 25.2 Å². The normalized spacial score (nSPS) is 20.3. The Hall–Kier alpha value is -2.79. The van der Waals surface area contributed by atoms with E-state index in [2.05, 4.69) is 13.8 Å². The number of hydrogen-bond donors (Lipinski definition) is 0. The average Bonchev–Trinajstić information content (AvgIpc) is 2.73. The van der Waals surface area contributed by atoms with Crippen LogP contribution in [0, 0.1) is 12.3 Å². The number of hydrogen-bond acceptors (Lipinski definition) is 4. The maximum Gasteiger partial charge on any atom is 0.232 e. The van der Waals surface area contributed by atoms with E-state index >= 15 is 0 Å². The molecule has 2 aromatic carbocycles. The van der Waals surface area contributed by atoms with E-state index in [9.17, 15) is 9.59 Å². The number of aryl methyl sites for hydroxylation is 1. The van der Waals surface area contributed by atoms with Gasteiger partial charge in [-0.3, -0.25) is 14.5 Å². The van der Waals surface area contributed by atoms with Crippen LogP contribution in [0.3, 0.4) is 0 Å². The molecule has 1 aliphatic heterocycles. The molecule has 0 N–H and O–H groups in total. The number of nitrogens with zero attached hydrogens (tertiary/aromatic N) is 1. The summed E-state index contributed by atoms with van der Waals surface area (Å²) in [7, 11) is 3.16. The third kappa shape index (κ3) is 3.79. The molecule has 2 aromatic rings. The minimum absolute atomic E-state index is 0.0607. The maximum atomic E-state index is 13.6. The number of carbonyl (C=O) groups excluding carboxylic acids is 2. The van der Waals surface area contributed by atoms with Crippen LogP contribution in [-0.2, 0) is 9.59 Å². The van der Waals surface area contributed by atoms with Crippen LogP contribution in [0.15, 0.2) is 47.7 Å². The number of Topliss-reactive ketones (excluding diaryl/α,β-unsaturated/α-hetero) is 1. The Morgan fingerprint density at radius 1 is 1.06 bits per heavy atom. The first-order valence-corrected chi connectivity index (χ1v) is 11.1. The molecule has 0 saturated carbocycles. The van der Waals surface area contributed by atoms with Crippen LogP contribution in [0.5, 0.6) is 11.5 Å². The first-order valence-electron chi connectivity index (χ1n) is 10.7. The number of ether oxygens (including phenoxy) is 2. The van der Waals surface area contributed by atoms with E-state index in [1.807, 2.05) is 37.3 Å². The molecule has 0 fully saturated rings. The Labute approximate surface area is 194 Å². The fourth-order valence-electron chi connectivity index (χ4n) is 4.97. The van der Waals surface area contributed by atoms with Gasteiger partial charge >= 0.3 is 0 Å².